The topological polar surface area (TPSA) is 48.4 Å². The molecule has 3 aromatic rings. The zero-order valence-electron chi connectivity index (χ0n) is 13.3. The number of hydrogen-bond donors (Lipinski definition) is 0. The molecule has 122 valence electrons. The van der Waals surface area contributed by atoms with E-state index in [0.717, 1.165) is 6.42 Å². The van der Waals surface area contributed by atoms with Crippen molar-refractivity contribution < 1.29 is 14.3 Å². The van der Waals surface area contributed by atoms with Gasteiger partial charge in [0.2, 0.25) is 0 Å². The summed E-state index contributed by atoms with van der Waals surface area (Å²) in [5, 5.41) is 0. The summed E-state index contributed by atoms with van der Waals surface area (Å²) in [6.07, 6.45) is 2.73. The number of carbonyl (C=O) groups excluding carboxylic acids is 1. The second-order valence-corrected chi connectivity index (χ2v) is 6.20. The third kappa shape index (κ3) is 4.20. The zero-order valence-corrected chi connectivity index (χ0v) is 14.1. The minimum absolute atomic E-state index is 0.00135. The fourth-order valence-corrected chi connectivity index (χ4v) is 2.89. The fraction of sp³-hybridized carbons (Fsp3) is 0.158. The van der Waals surface area contributed by atoms with Crippen LogP contribution in [0.4, 0.5) is 0 Å². The maximum absolute atomic E-state index is 12.2. The summed E-state index contributed by atoms with van der Waals surface area (Å²) in [6, 6.07) is 14.8. The molecule has 3 rings (SSSR count). The first-order chi connectivity index (χ1) is 11.7. The van der Waals surface area contributed by atoms with Crippen molar-refractivity contribution >= 4 is 17.1 Å². The molecule has 1 aromatic heterocycles. The van der Waals surface area contributed by atoms with E-state index in [9.17, 15) is 4.79 Å². The van der Waals surface area contributed by atoms with Crippen LogP contribution in [-0.2, 0) is 6.42 Å². The highest BCUT2D eigenvalue weighted by Gasteiger charge is 2.08. The molecule has 4 nitrogen and oxygen atoms in total. The van der Waals surface area contributed by atoms with Gasteiger partial charge in [-0.1, -0.05) is 24.3 Å². The van der Waals surface area contributed by atoms with Crippen LogP contribution < -0.4 is 9.47 Å². The minimum Gasteiger partial charge on any atom is -0.497 e. The quantitative estimate of drug-likeness (QED) is 0.610. The van der Waals surface area contributed by atoms with Gasteiger partial charge in [-0.3, -0.25) is 9.78 Å². The van der Waals surface area contributed by atoms with Crippen molar-refractivity contribution in [2.75, 3.05) is 13.7 Å². The largest absolute Gasteiger partial charge is 0.497 e. The van der Waals surface area contributed by atoms with Crippen molar-refractivity contribution in [1.29, 1.82) is 0 Å². The van der Waals surface area contributed by atoms with Crippen LogP contribution in [0, 0.1) is 0 Å². The van der Waals surface area contributed by atoms with Crippen LogP contribution in [0.2, 0.25) is 0 Å². The molecule has 0 unspecified atom stereocenters. The first-order valence-electron chi connectivity index (χ1n) is 7.51. The number of hydrogen-bond acceptors (Lipinski definition) is 5. The van der Waals surface area contributed by atoms with Crippen LogP contribution in [0.5, 0.6) is 11.5 Å². The Morgan fingerprint density at radius 2 is 1.96 bits per heavy atom. The zero-order chi connectivity index (χ0) is 16.8. The normalized spacial score (nSPS) is 10.4. The van der Waals surface area contributed by atoms with E-state index in [1.54, 1.807) is 42.7 Å². The average molecular weight is 339 g/mol. The van der Waals surface area contributed by atoms with Crippen LogP contribution >= 0.6 is 11.3 Å². The van der Waals surface area contributed by atoms with Crippen molar-refractivity contribution in [3.05, 3.63) is 76.2 Å². The summed E-state index contributed by atoms with van der Waals surface area (Å²) >= 11 is 1.64. The van der Waals surface area contributed by atoms with Crippen LogP contribution in [0.3, 0.4) is 0 Å². The van der Waals surface area contributed by atoms with Gasteiger partial charge in [-0.2, -0.15) is 0 Å². The standard InChI is InChI=1S/C19H17NO3S/c1-22-17-4-2-3-15(10-17)19(21)12-23-16-7-5-14(6-8-16)9-18-11-20-13-24-18/h2-8,10-11,13H,9,12H2,1H3. The summed E-state index contributed by atoms with van der Waals surface area (Å²) < 4.78 is 10.7. The predicted molar refractivity (Wildman–Crippen MR) is 94.2 cm³/mol. The molecule has 0 spiro atoms. The van der Waals surface area contributed by atoms with E-state index in [1.807, 2.05) is 36.0 Å². The van der Waals surface area contributed by atoms with Gasteiger partial charge in [-0.15, -0.1) is 11.3 Å². The van der Waals surface area contributed by atoms with Gasteiger partial charge in [-0.05, 0) is 29.8 Å². The number of thiazole rings is 1. The molecule has 0 radical (unpaired) electrons. The van der Waals surface area contributed by atoms with E-state index < -0.39 is 0 Å². The van der Waals surface area contributed by atoms with E-state index in [2.05, 4.69) is 4.98 Å². The molecule has 0 saturated carbocycles. The lowest BCUT2D eigenvalue weighted by atomic mass is 10.1. The molecule has 0 N–H and O–H groups in total. The van der Waals surface area contributed by atoms with Gasteiger partial charge in [0.15, 0.2) is 12.4 Å². The molecule has 0 fully saturated rings. The molecule has 0 atom stereocenters. The third-order valence-electron chi connectivity index (χ3n) is 3.55. The summed E-state index contributed by atoms with van der Waals surface area (Å²) in [6.45, 7) is 0.00135. The summed E-state index contributed by atoms with van der Waals surface area (Å²) in [5.74, 6) is 1.26. The Morgan fingerprint density at radius 3 is 2.67 bits per heavy atom. The highest BCUT2D eigenvalue weighted by atomic mass is 32.1. The first kappa shape index (κ1) is 16.2. The average Bonchev–Trinajstić information content (AvgIpc) is 3.14. The molecular formula is C19H17NO3S. The van der Waals surface area contributed by atoms with Gasteiger partial charge < -0.3 is 9.47 Å². The van der Waals surface area contributed by atoms with Gasteiger partial charge in [0.1, 0.15) is 11.5 Å². The highest BCUT2D eigenvalue weighted by Crippen LogP contribution is 2.18. The van der Waals surface area contributed by atoms with Crippen molar-refractivity contribution in [3.8, 4) is 11.5 Å². The molecule has 24 heavy (non-hydrogen) atoms. The Hall–Kier alpha value is -2.66. The number of nitrogens with zero attached hydrogens (tertiary/aromatic N) is 1. The molecule has 0 bridgehead atoms. The van der Waals surface area contributed by atoms with Gasteiger partial charge >= 0.3 is 0 Å². The van der Waals surface area contributed by atoms with E-state index in [4.69, 9.17) is 9.47 Å². The summed E-state index contributed by atoms with van der Waals surface area (Å²) in [5.41, 5.74) is 3.60. The summed E-state index contributed by atoms with van der Waals surface area (Å²) in [4.78, 5) is 17.5. The van der Waals surface area contributed by atoms with Crippen LogP contribution in [0.15, 0.2) is 60.2 Å². The fourth-order valence-electron chi connectivity index (χ4n) is 2.26. The smallest absolute Gasteiger partial charge is 0.200 e. The second-order valence-electron chi connectivity index (χ2n) is 5.23. The SMILES string of the molecule is COc1cccc(C(=O)COc2ccc(Cc3cncs3)cc2)c1. The maximum atomic E-state index is 12.2. The number of aromatic nitrogens is 1. The number of Topliss-reactive ketones (excluding diaryl/α,β-unsaturated/α-hetero) is 1. The van der Waals surface area contributed by atoms with E-state index in [0.29, 0.717) is 17.1 Å². The van der Waals surface area contributed by atoms with Crippen molar-refractivity contribution in [2.24, 2.45) is 0 Å². The molecule has 0 aliphatic carbocycles. The minimum atomic E-state index is -0.0809. The molecule has 1 heterocycles. The second kappa shape index (κ2) is 7.75. The third-order valence-corrected chi connectivity index (χ3v) is 4.33. The van der Waals surface area contributed by atoms with Gasteiger partial charge in [0.25, 0.3) is 0 Å². The number of ether oxygens (including phenoxy) is 2. The number of benzene rings is 2. The van der Waals surface area contributed by atoms with E-state index in [1.165, 1.54) is 10.4 Å². The van der Waals surface area contributed by atoms with E-state index in [-0.39, 0.29) is 12.4 Å². The van der Waals surface area contributed by atoms with Gasteiger partial charge in [-0.25, -0.2) is 0 Å². The van der Waals surface area contributed by atoms with Crippen molar-refractivity contribution in [3.63, 3.8) is 0 Å². The van der Waals surface area contributed by atoms with Crippen LogP contribution in [0.25, 0.3) is 0 Å². The van der Waals surface area contributed by atoms with E-state index >= 15 is 0 Å². The number of ketones is 1. The molecule has 2 aromatic carbocycles. The molecule has 5 heteroatoms. The molecule has 0 aliphatic heterocycles. The van der Waals surface area contributed by atoms with Gasteiger partial charge in [0.05, 0.1) is 12.6 Å². The monoisotopic (exact) mass is 339 g/mol. The Morgan fingerprint density at radius 1 is 1.12 bits per heavy atom. The predicted octanol–water partition coefficient (Wildman–Crippen LogP) is 4.00. The maximum Gasteiger partial charge on any atom is 0.200 e. The summed E-state index contributed by atoms with van der Waals surface area (Å²) in [7, 11) is 1.58. The van der Waals surface area contributed by atoms with Crippen LogP contribution in [-0.4, -0.2) is 24.5 Å². The van der Waals surface area contributed by atoms with Crippen molar-refractivity contribution in [2.45, 2.75) is 6.42 Å². The lowest BCUT2D eigenvalue weighted by Crippen LogP contribution is -2.11. The Labute approximate surface area is 144 Å². The highest BCUT2D eigenvalue weighted by molar-refractivity contribution is 7.09. The van der Waals surface area contributed by atoms with Crippen LogP contribution in [0.1, 0.15) is 20.8 Å². The number of carbonyl (C=O) groups is 1. The lowest BCUT2D eigenvalue weighted by Gasteiger charge is -2.07. The molecule has 0 saturated heterocycles. The Kier molecular flexibility index (Phi) is 5.23. The molecular weight excluding hydrogens is 322 g/mol. The molecule has 0 amide bonds. The first-order valence-corrected chi connectivity index (χ1v) is 8.39. The van der Waals surface area contributed by atoms with Crippen molar-refractivity contribution in [1.82, 2.24) is 4.98 Å². The Bertz CT molecular complexity index is 798. The number of methoxy groups -OCH3 is 1. The Balaban J connectivity index is 1.57. The van der Waals surface area contributed by atoms with Gasteiger partial charge in [0, 0.05) is 23.1 Å². The lowest BCUT2D eigenvalue weighted by molar-refractivity contribution is 0.0921. The number of rotatable bonds is 7. The molecule has 0 aliphatic rings.